The molecule has 158 valence electrons. The lowest BCUT2D eigenvalue weighted by Crippen LogP contribution is -2.14. The van der Waals surface area contributed by atoms with Crippen LogP contribution >= 0.6 is 11.3 Å². The second-order valence-corrected chi connectivity index (χ2v) is 7.59. The standard InChI is InChI=1S/C21H22FN3O4S/c1-3-15-12-16(21(27)28-4-2)20(30-15)23-17(26)6-5-7-18-24-19(25-29-18)13-8-10-14(22)11-9-13/h8-12H,3-7H2,1-2H3,(H,23,26). The monoisotopic (exact) mass is 431 g/mol. The molecule has 1 N–H and O–H groups in total. The largest absolute Gasteiger partial charge is 0.462 e. The fraction of sp³-hybridized carbons (Fsp3) is 0.333. The summed E-state index contributed by atoms with van der Waals surface area (Å²) in [5.41, 5.74) is 1.04. The minimum Gasteiger partial charge on any atom is -0.462 e. The molecule has 1 aromatic carbocycles. The molecule has 0 aliphatic rings. The van der Waals surface area contributed by atoms with Gasteiger partial charge in [0.25, 0.3) is 0 Å². The Kier molecular flexibility index (Phi) is 7.29. The number of esters is 1. The van der Waals surface area contributed by atoms with E-state index in [4.69, 9.17) is 9.26 Å². The van der Waals surface area contributed by atoms with Crippen LogP contribution in [0.1, 0.15) is 47.8 Å². The number of amides is 1. The molecule has 2 heterocycles. The molecule has 0 atom stereocenters. The molecule has 0 aliphatic heterocycles. The summed E-state index contributed by atoms with van der Waals surface area (Å²) in [6.45, 7) is 3.99. The van der Waals surface area contributed by atoms with Crippen molar-refractivity contribution in [3.8, 4) is 11.4 Å². The lowest BCUT2D eigenvalue weighted by atomic mass is 10.2. The van der Waals surface area contributed by atoms with Gasteiger partial charge in [-0.3, -0.25) is 4.79 Å². The van der Waals surface area contributed by atoms with Gasteiger partial charge < -0.3 is 14.6 Å². The van der Waals surface area contributed by atoms with Crippen LogP contribution in [0.3, 0.4) is 0 Å². The summed E-state index contributed by atoms with van der Waals surface area (Å²) in [7, 11) is 0. The number of carbonyl (C=O) groups excluding carboxylic acids is 2. The van der Waals surface area contributed by atoms with Gasteiger partial charge in [0.05, 0.1) is 12.2 Å². The van der Waals surface area contributed by atoms with Crippen LogP contribution in [0.15, 0.2) is 34.9 Å². The Hall–Kier alpha value is -3.07. The summed E-state index contributed by atoms with van der Waals surface area (Å²) in [5.74, 6) is -0.208. The average Bonchev–Trinajstić information content (AvgIpc) is 3.36. The third-order valence-electron chi connectivity index (χ3n) is 4.24. The highest BCUT2D eigenvalue weighted by molar-refractivity contribution is 7.16. The van der Waals surface area contributed by atoms with Crippen molar-refractivity contribution in [3.63, 3.8) is 0 Å². The van der Waals surface area contributed by atoms with E-state index in [-0.39, 0.29) is 24.8 Å². The van der Waals surface area contributed by atoms with E-state index in [2.05, 4.69) is 15.5 Å². The van der Waals surface area contributed by atoms with E-state index < -0.39 is 5.97 Å². The van der Waals surface area contributed by atoms with Gasteiger partial charge in [0.2, 0.25) is 17.6 Å². The fourth-order valence-corrected chi connectivity index (χ4v) is 3.73. The highest BCUT2D eigenvalue weighted by atomic mass is 32.1. The second-order valence-electron chi connectivity index (χ2n) is 6.45. The van der Waals surface area contributed by atoms with Crippen molar-refractivity contribution in [3.05, 3.63) is 52.5 Å². The zero-order valence-electron chi connectivity index (χ0n) is 16.7. The molecule has 30 heavy (non-hydrogen) atoms. The molecular weight excluding hydrogens is 409 g/mol. The van der Waals surface area contributed by atoms with Gasteiger partial charge in [-0.25, -0.2) is 9.18 Å². The van der Waals surface area contributed by atoms with Crippen molar-refractivity contribution in [1.82, 2.24) is 10.1 Å². The molecule has 0 bridgehead atoms. The van der Waals surface area contributed by atoms with Gasteiger partial charge in [-0.1, -0.05) is 12.1 Å². The van der Waals surface area contributed by atoms with E-state index in [1.165, 1.54) is 23.5 Å². The fourth-order valence-electron chi connectivity index (χ4n) is 2.73. The normalized spacial score (nSPS) is 10.8. The van der Waals surface area contributed by atoms with Crippen molar-refractivity contribution in [2.24, 2.45) is 0 Å². The molecule has 0 spiro atoms. The Morgan fingerprint density at radius 2 is 2.00 bits per heavy atom. The third kappa shape index (κ3) is 5.50. The van der Waals surface area contributed by atoms with Crippen molar-refractivity contribution < 1.29 is 23.2 Å². The van der Waals surface area contributed by atoms with Crippen LogP contribution < -0.4 is 5.32 Å². The molecule has 0 fully saturated rings. The van der Waals surface area contributed by atoms with Crippen molar-refractivity contribution in [1.29, 1.82) is 0 Å². The van der Waals surface area contributed by atoms with Crippen molar-refractivity contribution in [2.45, 2.75) is 39.5 Å². The van der Waals surface area contributed by atoms with E-state index in [0.717, 1.165) is 11.3 Å². The van der Waals surface area contributed by atoms with Gasteiger partial charge in [0.15, 0.2) is 0 Å². The Morgan fingerprint density at radius 1 is 1.23 bits per heavy atom. The van der Waals surface area contributed by atoms with Gasteiger partial charge in [0, 0.05) is 23.3 Å². The highest BCUT2D eigenvalue weighted by Crippen LogP contribution is 2.29. The molecule has 9 heteroatoms. The molecule has 0 saturated heterocycles. The molecule has 0 saturated carbocycles. The van der Waals surface area contributed by atoms with Crippen molar-refractivity contribution in [2.75, 3.05) is 11.9 Å². The lowest BCUT2D eigenvalue weighted by molar-refractivity contribution is -0.116. The first-order valence-corrected chi connectivity index (χ1v) is 10.5. The van der Waals surface area contributed by atoms with Crippen LogP contribution in [0.25, 0.3) is 11.4 Å². The maximum absolute atomic E-state index is 13.0. The minimum absolute atomic E-state index is 0.205. The van der Waals surface area contributed by atoms with Crippen LogP contribution in [-0.2, 0) is 22.4 Å². The number of hydrogen-bond acceptors (Lipinski definition) is 7. The van der Waals surface area contributed by atoms with E-state index in [1.807, 2.05) is 6.92 Å². The molecule has 7 nitrogen and oxygen atoms in total. The summed E-state index contributed by atoms with van der Waals surface area (Å²) in [4.78, 5) is 29.7. The number of nitrogens with zero attached hydrogens (tertiary/aromatic N) is 2. The molecule has 3 aromatic rings. The summed E-state index contributed by atoms with van der Waals surface area (Å²) in [6, 6.07) is 7.56. The molecular formula is C21H22FN3O4S. The van der Waals surface area contributed by atoms with Crippen LogP contribution in [0, 0.1) is 5.82 Å². The Bertz CT molecular complexity index is 1010. The molecule has 0 unspecified atom stereocenters. The van der Waals surface area contributed by atoms with Crippen LogP contribution in [-0.4, -0.2) is 28.6 Å². The first-order valence-electron chi connectivity index (χ1n) is 9.68. The number of aromatic nitrogens is 2. The van der Waals surface area contributed by atoms with E-state index in [0.29, 0.717) is 40.7 Å². The average molecular weight is 431 g/mol. The summed E-state index contributed by atoms with van der Waals surface area (Å²) in [6.07, 6.45) is 1.92. The van der Waals surface area contributed by atoms with Crippen molar-refractivity contribution >= 4 is 28.2 Å². The maximum atomic E-state index is 13.0. The SMILES string of the molecule is CCOC(=O)c1cc(CC)sc1NC(=O)CCCc1nc(-c2ccc(F)cc2)no1. The number of thiophene rings is 1. The number of ether oxygens (including phenoxy) is 1. The number of rotatable bonds is 9. The second kappa shape index (κ2) is 10.1. The minimum atomic E-state index is -0.442. The molecule has 0 radical (unpaired) electrons. The third-order valence-corrected chi connectivity index (χ3v) is 5.44. The number of hydrogen-bond donors (Lipinski definition) is 1. The Labute approximate surface area is 177 Å². The van der Waals surface area contributed by atoms with E-state index in [9.17, 15) is 14.0 Å². The highest BCUT2D eigenvalue weighted by Gasteiger charge is 2.18. The zero-order chi connectivity index (χ0) is 21.5. The molecule has 2 aromatic heterocycles. The molecule has 3 rings (SSSR count). The van der Waals surface area contributed by atoms with Gasteiger partial charge >= 0.3 is 5.97 Å². The first kappa shape index (κ1) is 21.6. The smallest absolute Gasteiger partial charge is 0.341 e. The quantitative estimate of drug-likeness (QED) is 0.496. The number of benzene rings is 1. The van der Waals surface area contributed by atoms with Gasteiger partial charge in [-0.15, -0.1) is 11.3 Å². The molecule has 0 aliphatic carbocycles. The number of anilines is 1. The Morgan fingerprint density at radius 3 is 2.70 bits per heavy atom. The number of aryl methyl sites for hydroxylation is 2. The maximum Gasteiger partial charge on any atom is 0.341 e. The van der Waals surface area contributed by atoms with Crippen LogP contribution in [0.5, 0.6) is 0 Å². The molecule has 1 amide bonds. The topological polar surface area (TPSA) is 94.3 Å². The lowest BCUT2D eigenvalue weighted by Gasteiger charge is -2.05. The Balaban J connectivity index is 1.54. The summed E-state index contributed by atoms with van der Waals surface area (Å²) in [5, 5.41) is 7.19. The summed E-state index contributed by atoms with van der Waals surface area (Å²) >= 11 is 1.37. The van der Waals surface area contributed by atoms with Crippen LogP contribution in [0.4, 0.5) is 9.39 Å². The first-order chi connectivity index (χ1) is 14.5. The van der Waals surface area contributed by atoms with E-state index in [1.54, 1.807) is 25.1 Å². The van der Waals surface area contributed by atoms with Gasteiger partial charge in [0.1, 0.15) is 10.8 Å². The van der Waals surface area contributed by atoms with Gasteiger partial charge in [-0.05, 0) is 50.1 Å². The van der Waals surface area contributed by atoms with Crippen LogP contribution in [0.2, 0.25) is 0 Å². The number of carbonyl (C=O) groups is 2. The number of nitrogens with one attached hydrogen (secondary N) is 1. The van der Waals surface area contributed by atoms with E-state index >= 15 is 0 Å². The predicted molar refractivity (Wildman–Crippen MR) is 111 cm³/mol. The van der Waals surface area contributed by atoms with Gasteiger partial charge in [-0.2, -0.15) is 4.98 Å². The predicted octanol–water partition coefficient (Wildman–Crippen LogP) is 4.64. The zero-order valence-corrected chi connectivity index (χ0v) is 17.6. The summed E-state index contributed by atoms with van der Waals surface area (Å²) < 4.78 is 23.3. The number of halogens is 1.